The van der Waals surface area contributed by atoms with Crippen molar-refractivity contribution in [3.05, 3.63) is 57.6 Å². The van der Waals surface area contributed by atoms with Crippen molar-refractivity contribution >= 4 is 33.7 Å². The number of piperidine rings is 2. The Hall–Kier alpha value is -2.36. The first-order valence-corrected chi connectivity index (χ1v) is 15.5. The van der Waals surface area contributed by atoms with E-state index in [2.05, 4.69) is 11.9 Å². The zero-order chi connectivity index (χ0) is 27.9. The number of carbonyl (C=O) groups excluding carboxylic acids is 1. The summed E-state index contributed by atoms with van der Waals surface area (Å²) in [5.41, 5.74) is 2.54. The molecule has 10 heteroatoms. The van der Waals surface area contributed by atoms with Crippen molar-refractivity contribution in [1.29, 1.82) is 0 Å². The second kappa shape index (κ2) is 13.6. The third-order valence-electron chi connectivity index (χ3n) is 7.08. The summed E-state index contributed by atoms with van der Waals surface area (Å²) in [4.78, 5) is 19.3. The lowest BCUT2D eigenvalue weighted by molar-refractivity contribution is 0.0376. The molecule has 2 aliphatic rings. The van der Waals surface area contributed by atoms with Crippen LogP contribution in [0.15, 0.2) is 52.0 Å². The van der Waals surface area contributed by atoms with E-state index in [0.717, 1.165) is 23.3 Å². The van der Waals surface area contributed by atoms with Crippen molar-refractivity contribution in [2.75, 3.05) is 32.4 Å². The lowest BCUT2D eigenvalue weighted by Gasteiger charge is -2.33. The molecule has 0 spiro atoms. The van der Waals surface area contributed by atoms with Crippen LogP contribution in [-0.2, 0) is 19.5 Å². The molecule has 2 aliphatic heterocycles. The summed E-state index contributed by atoms with van der Waals surface area (Å²) >= 11 is 5.96. The number of hydrogen-bond acceptors (Lipinski definition) is 6. The Kier molecular flexibility index (Phi) is 10.8. The smallest absolute Gasteiger partial charge is 0.253 e. The van der Waals surface area contributed by atoms with Crippen molar-refractivity contribution in [3.63, 3.8) is 0 Å². The quantitative estimate of drug-likeness (QED) is 0.227. The van der Waals surface area contributed by atoms with Crippen LogP contribution in [0, 0.1) is 0 Å². The van der Waals surface area contributed by atoms with Crippen molar-refractivity contribution in [2.45, 2.75) is 72.0 Å². The molecule has 0 bridgehead atoms. The summed E-state index contributed by atoms with van der Waals surface area (Å²) in [6, 6.07) is 6.96. The summed E-state index contributed by atoms with van der Waals surface area (Å²) in [6.45, 7) is 10.0. The zero-order valence-corrected chi connectivity index (χ0v) is 24.6. The largest absolute Gasteiger partial charge is 0.490 e. The molecular weight excluding hydrogens is 526 g/mol. The molecule has 0 aromatic heterocycles. The first kappa shape index (κ1) is 30.2. The summed E-state index contributed by atoms with van der Waals surface area (Å²) in [5.74, 6) is 1.28. The maximum absolute atomic E-state index is 12.9. The third kappa shape index (κ3) is 8.07. The van der Waals surface area contributed by atoms with Crippen molar-refractivity contribution in [1.82, 2.24) is 9.21 Å². The number of halogens is 1. The van der Waals surface area contributed by atoms with Crippen LogP contribution in [0.3, 0.4) is 0 Å². The Morgan fingerprint density at radius 2 is 1.58 bits per heavy atom. The minimum atomic E-state index is -3.19. The molecule has 0 saturated carbocycles. The van der Waals surface area contributed by atoms with Crippen LogP contribution in [0.4, 0.5) is 0 Å². The molecule has 8 nitrogen and oxygen atoms in total. The van der Waals surface area contributed by atoms with Crippen LogP contribution in [0.2, 0.25) is 5.02 Å². The number of nitrogens with zero attached hydrogens (tertiary/aromatic N) is 3. The molecule has 3 rings (SSSR count). The van der Waals surface area contributed by atoms with Crippen LogP contribution < -0.4 is 0 Å². The van der Waals surface area contributed by atoms with Gasteiger partial charge in [0, 0.05) is 55.8 Å². The first-order chi connectivity index (χ1) is 18.0. The molecule has 2 heterocycles. The highest BCUT2D eigenvalue weighted by Gasteiger charge is 2.29. The van der Waals surface area contributed by atoms with E-state index in [0.29, 0.717) is 68.3 Å². The number of likely N-dealkylation sites (tertiary alicyclic amines) is 1. The molecule has 2 saturated heterocycles. The molecular formula is C28H40ClN3O5S. The average Bonchev–Trinajstić information content (AvgIpc) is 2.91. The van der Waals surface area contributed by atoms with Crippen molar-refractivity contribution < 1.29 is 22.7 Å². The van der Waals surface area contributed by atoms with Gasteiger partial charge in [-0.1, -0.05) is 18.5 Å². The fraction of sp³-hybridized carbons (Fsp3) is 0.571. The highest BCUT2D eigenvalue weighted by molar-refractivity contribution is 7.88. The van der Waals surface area contributed by atoms with Gasteiger partial charge in [0.1, 0.15) is 18.0 Å². The van der Waals surface area contributed by atoms with Gasteiger partial charge in [0.05, 0.1) is 11.8 Å². The molecule has 0 unspecified atom stereocenters. The predicted molar refractivity (Wildman–Crippen MR) is 152 cm³/mol. The molecule has 0 radical (unpaired) electrons. The van der Waals surface area contributed by atoms with Crippen LogP contribution in [0.5, 0.6) is 0 Å². The number of rotatable bonds is 9. The van der Waals surface area contributed by atoms with E-state index in [1.807, 2.05) is 25.7 Å². The fourth-order valence-corrected chi connectivity index (χ4v) is 5.66. The van der Waals surface area contributed by atoms with Gasteiger partial charge in [0.25, 0.3) is 5.91 Å². The van der Waals surface area contributed by atoms with E-state index in [-0.39, 0.29) is 18.1 Å². The van der Waals surface area contributed by atoms with Crippen LogP contribution in [0.25, 0.3) is 0 Å². The number of benzene rings is 1. The average molecular weight is 566 g/mol. The molecule has 38 heavy (non-hydrogen) atoms. The highest BCUT2D eigenvalue weighted by atomic mass is 35.5. The van der Waals surface area contributed by atoms with Gasteiger partial charge in [-0.2, -0.15) is 0 Å². The van der Waals surface area contributed by atoms with Gasteiger partial charge < -0.3 is 14.4 Å². The van der Waals surface area contributed by atoms with E-state index >= 15 is 0 Å². The summed E-state index contributed by atoms with van der Waals surface area (Å²) in [7, 11) is -3.19. The van der Waals surface area contributed by atoms with Gasteiger partial charge >= 0.3 is 0 Å². The van der Waals surface area contributed by atoms with Crippen LogP contribution in [-0.4, -0.2) is 74.4 Å². The minimum Gasteiger partial charge on any atom is -0.490 e. The second-order valence-corrected chi connectivity index (χ2v) is 12.3. The Morgan fingerprint density at radius 1 is 1.03 bits per heavy atom. The van der Waals surface area contributed by atoms with E-state index in [1.165, 1.54) is 10.6 Å². The molecule has 1 amide bonds. The van der Waals surface area contributed by atoms with Gasteiger partial charge in [-0.25, -0.2) is 17.7 Å². The third-order valence-corrected chi connectivity index (χ3v) is 8.63. The lowest BCUT2D eigenvalue weighted by Crippen LogP contribution is -2.41. The van der Waals surface area contributed by atoms with Gasteiger partial charge in [-0.15, -0.1) is 0 Å². The lowest BCUT2D eigenvalue weighted by atomic mass is 10.1. The van der Waals surface area contributed by atoms with Crippen molar-refractivity contribution in [2.24, 2.45) is 4.99 Å². The van der Waals surface area contributed by atoms with Crippen LogP contribution in [0.1, 0.15) is 70.2 Å². The topological polar surface area (TPSA) is 88.5 Å². The number of aliphatic imine (C=N–C) groups is 1. The molecule has 1 aromatic rings. The SMILES string of the molecule is C\C=N/C(OC1CCN(C(=O)c2ccc(Cl)cc2)CC1)=C(C)\C(OC1CCN(S(C)(=O)=O)CC1)=C(/C)CC. The summed E-state index contributed by atoms with van der Waals surface area (Å²) < 4.78 is 38.1. The van der Waals surface area contributed by atoms with Gasteiger partial charge in [0.2, 0.25) is 15.9 Å². The number of amides is 1. The van der Waals surface area contributed by atoms with Crippen LogP contribution >= 0.6 is 11.6 Å². The highest BCUT2D eigenvalue weighted by Crippen LogP contribution is 2.29. The predicted octanol–water partition coefficient (Wildman–Crippen LogP) is 5.41. The Morgan fingerprint density at radius 3 is 2.11 bits per heavy atom. The normalized spacial score (nSPS) is 19.8. The number of allylic oxidation sites excluding steroid dienone is 2. The van der Waals surface area contributed by atoms with Crippen molar-refractivity contribution in [3.8, 4) is 0 Å². The maximum Gasteiger partial charge on any atom is 0.253 e. The Balaban J connectivity index is 1.68. The Bertz CT molecular complexity index is 1160. The molecule has 0 aliphatic carbocycles. The zero-order valence-electron chi connectivity index (χ0n) is 23.1. The standard InChI is InChI=1S/C28H40ClN3O5S/c1-6-20(3)26(36-24-14-18-32(19-15-24)38(5,34)35)21(4)27(30-7-2)37-25-12-16-31(17-13-25)28(33)22-8-10-23(29)11-9-22/h7-11,24-25H,6,12-19H2,1-5H3/b26-20-,27-21+,30-7-. The van der Waals surface area contributed by atoms with E-state index in [9.17, 15) is 13.2 Å². The monoisotopic (exact) mass is 565 g/mol. The molecule has 1 aromatic carbocycles. The van der Waals surface area contributed by atoms with Gasteiger partial charge in [0.15, 0.2) is 0 Å². The van der Waals surface area contributed by atoms with E-state index in [4.69, 9.17) is 21.1 Å². The second-order valence-electron chi connectivity index (χ2n) is 9.88. The fourth-order valence-electron chi connectivity index (χ4n) is 4.66. The number of carbonyl (C=O) groups is 1. The molecule has 210 valence electrons. The number of ether oxygens (including phenoxy) is 2. The van der Waals surface area contributed by atoms with Gasteiger partial charge in [-0.05, 0) is 69.9 Å². The number of hydrogen-bond donors (Lipinski definition) is 0. The maximum atomic E-state index is 12.9. The number of sulfonamides is 1. The molecule has 0 atom stereocenters. The minimum absolute atomic E-state index is 0.00208. The molecule has 2 fully saturated rings. The van der Waals surface area contributed by atoms with Gasteiger partial charge in [-0.3, -0.25) is 4.79 Å². The molecule has 0 N–H and O–H groups in total. The first-order valence-electron chi connectivity index (χ1n) is 13.3. The van der Waals surface area contributed by atoms with E-state index < -0.39 is 10.0 Å². The summed E-state index contributed by atoms with van der Waals surface area (Å²) in [6.07, 6.45) is 6.29. The summed E-state index contributed by atoms with van der Waals surface area (Å²) in [5, 5.41) is 0.606. The van der Waals surface area contributed by atoms with E-state index in [1.54, 1.807) is 30.5 Å². The Labute approximate surface area is 232 Å².